The van der Waals surface area contributed by atoms with Crippen molar-refractivity contribution >= 4 is 45.0 Å². The third-order valence-electron chi connectivity index (χ3n) is 4.58. The Balaban J connectivity index is 1.69. The summed E-state index contributed by atoms with van der Waals surface area (Å²) >= 11 is 4.54. The van der Waals surface area contributed by atoms with Gasteiger partial charge in [0.2, 0.25) is 0 Å². The van der Waals surface area contributed by atoms with Crippen LogP contribution in [-0.2, 0) is 16.5 Å². The summed E-state index contributed by atoms with van der Waals surface area (Å²) in [6.45, 7) is 5.03. The van der Waals surface area contributed by atoms with E-state index in [4.69, 9.17) is 9.47 Å². The van der Waals surface area contributed by atoms with Crippen LogP contribution in [0.1, 0.15) is 55.9 Å². The monoisotopic (exact) mass is 517 g/mol. The van der Waals surface area contributed by atoms with Crippen molar-refractivity contribution in [1.82, 2.24) is 20.1 Å². The Kier molecular flexibility index (Phi) is 7.32. The van der Waals surface area contributed by atoms with E-state index in [1.54, 1.807) is 37.9 Å². The summed E-state index contributed by atoms with van der Waals surface area (Å²) in [6, 6.07) is -0.738. The number of carbonyl (C=O) groups is 2. The quantitative estimate of drug-likeness (QED) is 0.635. The fourth-order valence-electron chi connectivity index (χ4n) is 3.22. The minimum Gasteiger partial charge on any atom is -0.444 e. The molecule has 1 aliphatic heterocycles. The molecule has 2 aromatic heterocycles. The molecule has 0 aromatic carbocycles. The zero-order valence-corrected chi connectivity index (χ0v) is 20.0. The van der Waals surface area contributed by atoms with Gasteiger partial charge in [-0.25, -0.2) is 14.2 Å². The third-order valence-corrected chi connectivity index (χ3v) is 5.95. The molecule has 3 unspecified atom stereocenters. The lowest BCUT2D eigenvalue weighted by Crippen LogP contribution is -2.44. The number of nitrogens with zero attached hydrogens (tertiary/aromatic N) is 3. The first-order valence-corrected chi connectivity index (χ1v) is 11.4. The average molecular weight is 518 g/mol. The zero-order chi connectivity index (χ0) is 22.8. The number of carbonyl (C=O) groups excluding carboxylic acids is 2. The number of hydrogen-bond acceptors (Lipinski definition) is 7. The van der Waals surface area contributed by atoms with E-state index >= 15 is 0 Å². The summed E-state index contributed by atoms with van der Waals surface area (Å²) in [6.07, 6.45) is -0.285. The molecule has 2 aromatic rings. The Bertz CT molecular complexity index is 944. The highest BCUT2D eigenvalue weighted by atomic mass is 79.9. The highest BCUT2D eigenvalue weighted by Gasteiger charge is 2.33. The minimum absolute atomic E-state index is 0.206. The largest absolute Gasteiger partial charge is 0.444 e. The number of rotatable bonds is 4. The molecule has 1 fully saturated rings. The first-order valence-electron chi connectivity index (χ1n) is 9.73. The molecular weight excluding hydrogens is 493 g/mol. The molecule has 0 bridgehead atoms. The van der Waals surface area contributed by atoms with Gasteiger partial charge in [0, 0.05) is 12.4 Å². The summed E-state index contributed by atoms with van der Waals surface area (Å²) in [5.74, 6) is -0.377. The molecule has 9 nitrogen and oxygen atoms in total. The van der Waals surface area contributed by atoms with E-state index in [1.165, 1.54) is 17.5 Å². The van der Waals surface area contributed by atoms with Crippen LogP contribution >= 0.6 is 27.3 Å². The smallest absolute Gasteiger partial charge is 0.407 e. The number of anilines is 1. The van der Waals surface area contributed by atoms with Crippen LogP contribution < -0.4 is 10.6 Å². The third kappa shape index (κ3) is 6.23. The molecular formula is C19H25BrFN5O4S. The van der Waals surface area contributed by atoms with Crippen molar-refractivity contribution in [2.24, 2.45) is 7.05 Å². The van der Waals surface area contributed by atoms with Gasteiger partial charge in [0.15, 0.2) is 3.92 Å². The maximum absolute atomic E-state index is 14.7. The van der Waals surface area contributed by atoms with E-state index in [0.29, 0.717) is 28.1 Å². The fourth-order valence-corrected chi connectivity index (χ4v) is 4.22. The van der Waals surface area contributed by atoms with Gasteiger partial charge in [-0.2, -0.15) is 5.10 Å². The lowest BCUT2D eigenvalue weighted by molar-refractivity contribution is 0.0202. The predicted molar refractivity (Wildman–Crippen MR) is 117 cm³/mol. The highest BCUT2D eigenvalue weighted by Crippen LogP contribution is 2.33. The molecule has 12 heteroatoms. The number of aromatic nitrogens is 3. The molecule has 0 saturated carbocycles. The van der Waals surface area contributed by atoms with Crippen LogP contribution in [0.3, 0.4) is 0 Å². The molecule has 0 spiro atoms. The Labute approximate surface area is 191 Å². The van der Waals surface area contributed by atoms with Crippen molar-refractivity contribution in [2.75, 3.05) is 11.9 Å². The number of nitrogens with one attached hydrogen (secondary N) is 2. The van der Waals surface area contributed by atoms with Gasteiger partial charge in [-0.1, -0.05) is 0 Å². The molecule has 3 heterocycles. The summed E-state index contributed by atoms with van der Waals surface area (Å²) in [5.41, 5.74) is 0.691. The Morgan fingerprint density at radius 3 is 2.77 bits per heavy atom. The summed E-state index contributed by atoms with van der Waals surface area (Å²) in [4.78, 5) is 28.6. The molecule has 0 aliphatic carbocycles. The molecule has 3 atom stereocenters. The van der Waals surface area contributed by atoms with E-state index in [1.807, 2.05) is 0 Å². The normalized spacial score (nSPS) is 21.9. The molecule has 170 valence electrons. The number of halogens is 2. The second-order valence-corrected chi connectivity index (χ2v) is 10.3. The van der Waals surface area contributed by atoms with Crippen LogP contribution in [0.15, 0.2) is 15.5 Å². The summed E-state index contributed by atoms with van der Waals surface area (Å²) in [5, 5.41) is 11.2. The first kappa shape index (κ1) is 23.6. The van der Waals surface area contributed by atoms with Gasteiger partial charge in [0.1, 0.15) is 23.6 Å². The first-order chi connectivity index (χ1) is 14.5. The van der Waals surface area contributed by atoms with Crippen molar-refractivity contribution in [3.8, 4) is 0 Å². The van der Waals surface area contributed by atoms with E-state index in [0.717, 1.165) is 0 Å². The molecule has 0 radical (unpaired) electrons. The van der Waals surface area contributed by atoms with Gasteiger partial charge in [0.25, 0.3) is 5.91 Å². The minimum atomic E-state index is -1.39. The number of alkyl halides is 1. The van der Waals surface area contributed by atoms with Gasteiger partial charge in [-0.15, -0.1) is 11.3 Å². The van der Waals surface area contributed by atoms with Gasteiger partial charge in [0.05, 0.1) is 30.2 Å². The topological polar surface area (TPSA) is 107 Å². The fraction of sp³-hybridized carbons (Fsp3) is 0.579. The van der Waals surface area contributed by atoms with E-state index in [2.05, 4.69) is 36.6 Å². The number of hydrogen-bond donors (Lipinski definition) is 2. The van der Waals surface area contributed by atoms with Gasteiger partial charge in [-0.3, -0.25) is 9.48 Å². The van der Waals surface area contributed by atoms with E-state index in [-0.39, 0.29) is 18.2 Å². The van der Waals surface area contributed by atoms with Crippen LogP contribution in [0.25, 0.3) is 0 Å². The van der Waals surface area contributed by atoms with Crippen molar-refractivity contribution in [3.63, 3.8) is 0 Å². The number of ether oxygens (including phenoxy) is 2. The predicted octanol–water partition coefficient (Wildman–Crippen LogP) is 3.97. The standard InChI is InChI=1S/C19H25BrFN5O4S/c1-19(2,3)30-18(28)25-11-5-6-14(29-8-10(11)21)15-12(7-22-26(15)4)23-16(27)13-9-31-17(20)24-13/h7,9-11,14H,5-6,8H2,1-4H3,(H,23,27)(H,25,28). The SMILES string of the molecule is Cn1ncc(NC(=O)c2csc(Br)n2)c1C1CCC(NC(=O)OC(C)(C)C)C(F)CO1. The summed E-state index contributed by atoms with van der Waals surface area (Å²) < 4.78 is 27.9. The molecule has 2 amide bonds. The molecule has 31 heavy (non-hydrogen) atoms. The molecule has 1 saturated heterocycles. The number of thiazole rings is 1. The van der Waals surface area contributed by atoms with Gasteiger partial charge in [-0.05, 0) is 49.5 Å². The summed E-state index contributed by atoms with van der Waals surface area (Å²) in [7, 11) is 1.72. The second-order valence-electron chi connectivity index (χ2n) is 8.17. The second kappa shape index (κ2) is 9.61. The number of aryl methyl sites for hydroxylation is 1. The molecule has 3 rings (SSSR count). The van der Waals surface area contributed by atoms with Crippen molar-refractivity contribution in [3.05, 3.63) is 26.9 Å². The van der Waals surface area contributed by atoms with Crippen LogP contribution in [0.2, 0.25) is 0 Å². The lowest BCUT2D eigenvalue weighted by atomic mass is 10.0. The van der Waals surface area contributed by atoms with Gasteiger partial charge < -0.3 is 20.1 Å². The molecule has 2 N–H and O–H groups in total. The Morgan fingerprint density at radius 2 is 2.13 bits per heavy atom. The van der Waals surface area contributed by atoms with Crippen molar-refractivity contribution in [2.45, 2.75) is 57.5 Å². The maximum atomic E-state index is 14.7. The lowest BCUT2D eigenvalue weighted by Gasteiger charge is -2.24. The highest BCUT2D eigenvalue weighted by molar-refractivity contribution is 9.11. The van der Waals surface area contributed by atoms with E-state index in [9.17, 15) is 14.0 Å². The average Bonchev–Trinajstić information content (AvgIpc) is 3.20. The van der Waals surface area contributed by atoms with Crippen LogP contribution in [0, 0.1) is 0 Å². The zero-order valence-electron chi connectivity index (χ0n) is 17.6. The Morgan fingerprint density at radius 1 is 1.39 bits per heavy atom. The maximum Gasteiger partial charge on any atom is 0.407 e. The Hall–Kier alpha value is -2.05. The van der Waals surface area contributed by atoms with Crippen molar-refractivity contribution < 1.29 is 23.5 Å². The van der Waals surface area contributed by atoms with E-state index < -0.39 is 30.0 Å². The van der Waals surface area contributed by atoms with Crippen LogP contribution in [-0.4, -0.2) is 51.2 Å². The number of amides is 2. The van der Waals surface area contributed by atoms with Crippen LogP contribution in [0.5, 0.6) is 0 Å². The molecule has 1 aliphatic rings. The number of alkyl carbamates (subject to hydrolysis) is 1. The van der Waals surface area contributed by atoms with Crippen LogP contribution in [0.4, 0.5) is 14.9 Å². The van der Waals surface area contributed by atoms with Crippen molar-refractivity contribution in [1.29, 1.82) is 0 Å². The van der Waals surface area contributed by atoms with Gasteiger partial charge >= 0.3 is 6.09 Å².